The van der Waals surface area contributed by atoms with Crippen LogP contribution < -0.4 is 16.5 Å². The number of rotatable bonds is 3. The van der Waals surface area contributed by atoms with E-state index in [1.165, 1.54) is 4.68 Å². The van der Waals surface area contributed by atoms with Crippen molar-refractivity contribution >= 4 is 29.3 Å². The maximum Gasteiger partial charge on any atom is 0.273 e. The second-order valence-corrected chi connectivity index (χ2v) is 4.13. The van der Waals surface area contributed by atoms with E-state index in [-0.39, 0.29) is 12.6 Å². The van der Waals surface area contributed by atoms with Gasteiger partial charge in [-0.3, -0.25) is 0 Å². The lowest BCUT2D eigenvalue weighted by atomic mass is 10.4. The normalized spacial score (nSPS) is 15.7. The lowest BCUT2D eigenvalue weighted by Crippen LogP contribution is -2.38. The van der Waals surface area contributed by atoms with Crippen LogP contribution in [0, 0.1) is 0 Å². The quantitative estimate of drug-likeness (QED) is 0.349. The zero-order valence-electron chi connectivity index (χ0n) is 9.69. The monoisotopic (exact) mass is 273 g/mol. The van der Waals surface area contributed by atoms with Crippen molar-refractivity contribution in [1.29, 1.82) is 0 Å². The highest BCUT2D eigenvalue weighted by molar-refractivity contribution is 7.79. The van der Waals surface area contributed by atoms with Crippen LogP contribution in [0.3, 0.4) is 0 Å². The van der Waals surface area contributed by atoms with Gasteiger partial charge in [0, 0.05) is 13.1 Å². The maximum atomic E-state index is 9.03. The second-order valence-electron chi connectivity index (χ2n) is 3.76. The minimum absolute atomic E-state index is 0.0402. The molecular formula is C8H15N7O2S. The van der Waals surface area contributed by atoms with Crippen molar-refractivity contribution in [1.82, 2.24) is 19.8 Å². The predicted octanol–water partition coefficient (Wildman–Crippen LogP) is -1.33. The summed E-state index contributed by atoms with van der Waals surface area (Å²) in [7, 11) is 0. The molecule has 1 fully saturated rings. The maximum absolute atomic E-state index is 9.03. The van der Waals surface area contributed by atoms with Gasteiger partial charge in [-0.15, -0.1) is 5.10 Å². The van der Waals surface area contributed by atoms with Crippen LogP contribution in [-0.4, -0.2) is 56.4 Å². The third-order valence-electron chi connectivity index (χ3n) is 2.52. The molecule has 18 heavy (non-hydrogen) atoms. The molecule has 0 unspecified atom stereocenters. The number of hydrogen-bond donors (Lipinski definition) is 3. The molecule has 0 amide bonds. The highest BCUT2D eigenvalue weighted by Gasteiger charge is 2.18. The molecule has 0 atom stereocenters. The zero-order chi connectivity index (χ0) is 13.1. The summed E-state index contributed by atoms with van der Waals surface area (Å²) in [6, 6.07) is 0. The molecule has 0 aromatic carbocycles. The summed E-state index contributed by atoms with van der Waals surface area (Å²) in [4.78, 5) is 6.11. The number of nitrogens with zero attached hydrogens (tertiary/aromatic N) is 5. The lowest BCUT2D eigenvalue weighted by Gasteiger charge is -2.25. The second kappa shape index (κ2) is 5.33. The van der Waals surface area contributed by atoms with Crippen molar-refractivity contribution in [2.45, 2.75) is 6.67 Å². The van der Waals surface area contributed by atoms with E-state index in [9.17, 15) is 0 Å². The number of aliphatic hydroxyl groups excluding tert-OH is 1. The first-order valence-electron chi connectivity index (χ1n) is 5.36. The van der Waals surface area contributed by atoms with Gasteiger partial charge >= 0.3 is 0 Å². The van der Waals surface area contributed by atoms with Gasteiger partial charge in [-0.05, 0) is 12.2 Å². The first kappa shape index (κ1) is 12.8. The van der Waals surface area contributed by atoms with Gasteiger partial charge in [0.15, 0.2) is 0 Å². The standard InChI is InChI=1S/C8H15N7O2S/c9-6-11-7(13-1-3-17-4-2-13)12-15(6)5-14(10)8(16)18/h1-5,10H2,(H,16,18)(H2,9,11,12). The SMILES string of the molecule is Nc1nc(N2CCOCC2)nn1CN(N)C(O)=S. The molecular weight excluding hydrogens is 258 g/mol. The van der Waals surface area contributed by atoms with Crippen molar-refractivity contribution in [3.8, 4) is 0 Å². The zero-order valence-corrected chi connectivity index (χ0v) is 10.5. The topological polar surface area (TPSA) is 119 Å². The Morgan fingerprint density at radius 1 is 1.50 bits per heavy atom. The first-order chi connectivity index (χ1) is 8.58. The molecule has 5 N–H and O–H groups in total. The molecule has 1 saturated heterocycles. The van der Waals surface area contributed by atoms with Crippen molar-refractivity contribution in [2.24, 2.45) is 5.84 Å². The molecule has 0 spiro atoms. The Hall–Kier alpha value is -1.65. The van der Waals surface area contributed by atoms with E-state index >= 15 is 0 Å². The van der Waals surface area contributed by atoms with Gasteiger partial charge < -0.3 is 20.5 Å². The summed E-state index contributed by atoms with van der Waals surface area (Å²) in [5.74, 6) is 6.20. The number of nitrogen functional groups attached to an aromatic ring is 1. The smallest absolute Gasteiger partial charge is 0.273 e. The summed E-state index contributed by atoms with van der Waals surface area (Å²) in [6.45, 7) is 2.75. The minimum atomic E-state index is -0.433. The van der Waals surface area contributed by atoms with Gasteiger partial charge in [-0.2, -0.15) is 4.98 Å². The summed E-state index contributed by atoms with van der Waals surface area (Å²) >= 11 is 4.52. The molecule has 2 heterocycles. The third kappa shape index (κ3) is 2.78. The Morgan fingerprint density at radius 3 is 2.78 bits per heavy atom. The van der Waals surface area contributed by atoms with E-state index in [4.69, 9.17) is 21.4 Å². The molecule has 1 aromatic heterocycles. The lowest BCUT2D eigenvalue weighted by molar-refractivity contribution is 0.122. The van der Waals surface area contributed by atoms with Crippen LogP contribution in [0.4, 0.5) is 11.9 Å². The van der Waals surface area contributed by atoms with Gasteiger partial charge in [0.05, 0.1) is 13.2 Å². The summed E-state index contributed by atoms with van der Waals surface area (Å²) in [5.41, 5.74) is 5.72. The number of aromatic nitrogens is 3. The number of aliphatic hydroxyl groups is 1. The van der Waals surface area contributed by atoms with E-state index < -0.39 is 5.17 Å². The van der Waals surface area contributed by atoms with Crippen molar-refractivity contribution in [3.63, 3.8) is 0 Å². The number of ether oxygens (including phenoxy) is 1. The van der Waals surface area contributed by atoms with E-state index in [1.807, 2.05) is 4.90 Å². The van der Waals surface area contributed by atoms with Crippen LogP contribution in [0.1, 0.15) is 0 Å². The third-order valence-corrected chi connectivity index (χ3v) is 2.75. The molecule has 1 aromatic rings. The fourth-order valence-corrected chi connectivity index (χ4v) is 1.61. The predicted molar refractivity (Wildman–Crippen MR) is 68.7 cm³/mol. The number of anilines is 2. The first-order valence-corrected chi connectivity index (χ1v) is 5.77. The van der Waals surface area contributed by atoms with E-state index in [0.717, 1.165) is 5.01 Å². The molecule has 0 bridgehead atoms. The summed E-state index contributed by atoms with van der Waals surface area (Å²) in [5, 5.41) is 13.8. The highest BCUT2D eigenvalue weighted by Crippen LogP contribution is 2.12. The number of thiocarbonyl (C=S) groups is 1. The molecule has 10 heteroatoms. The molecule has 1 aliphatic rings. The average molecular weight is 273 g/mol. The number of morpholine rings is 1. The van der Waals surface area contributed by atoms with Crippen LogP contribution in [0.25, 0.3) is 0 Å². The summed E-state index contributed by atoms with van der Waals surface area (Å²) < 4.78 is 6.61. The molecule has 9 nitrogen and oxygen atoms in total. The Morgan fingerprint density at radius 2 is 2.17 bits per heavy atom. The molecule has 1 aliphatic heterocycles. The van der Waals surface area contributed by atoms with Crippen LogP contribution in [-0.2, 0) is 11.4 Å². The number of hydrazine groups is 1. The largest absolute Gasteiger partial charge is 0.486 e. The summed E-state index contributed by atoms with van der Waals surface area (Å²) in [6.07, 6.45) is 0. The average Bonchev–Trinajstić information content (AvgIpc) is 2.72. The Kier molecular flexibility index (Phi) is 3.79. The van der Waals surface area contributed by atoms with Crippen LogP contribution in [0.5, 0.6) is 0 Å². The van der Waals surface area contributed by atoms with Crippen molar-refractivity contribution < 1.29 is 9.84 Å². The Bertz CT molecular complexity index is 431. The molecule has 0 radical (unpaired) electrons. The van der Waals surface area contributed by atoms with Gasteiger partial charge in [0.25, 0.3) is 5.17 Å². The van der Waals surface area contributed by atoms with Gasteiger partial charge in [0.1, 0.15) is 6.67 Å². The highest BCUT2D eigenvalue weighted by atomic mass is 32.1. The van der Waals surface area contributed by atoms with Gasteiger partial charge in [-0.1, -0.05) is 0 Å². The van der Waals surface area contributed by atoms with E-state index in [2.05, 4.69) is 22.3 Å². The van der Waals surface area contributed by atoms with Crippen molar-refractivity contribution in [2.75, 3.05) is 36.9 Å². The molecule has 100 valence electrons. The molecule has 2 rings (SSSR count). The number of nitrogens with two attached hydrogens (primary N) is 2. The van der Waals surface area contributed by atoms with Crippen LogP contribution in [0.15, 0.2) is 0 Å². The minimum Gasteiger partial charge on any atom is -0.486 e. The van der Waals surface area contributed by atoms with Crippen molar-refractivity contribution in [3.05, 3.63) is 0 Å². The van der Waals surface area contributed by atoms with E-state index in [0.29, 0.717) is 32.3 Å². The van der Waals surface area contributed by atoms with Gasteiger partial charge in [0.2, 0.25) is 11.9 Å². The fraction of sp³-hybridized carbons (Fsp3) is 0.625. The fourth-order valence-electron chi connectivity index (χ4n) is 1.55. The Balaban J connectivity index is 2.08. The molecule has 0 aliphatic carbocycles. The van der Waals surface area contributed by atoms with Gasteiger partial charge in [-0.25, -0.2) is 15.5 Å². The van der Waals surface area contributed by atoms with Crippen LogP contribution >= 0.6 is 12.2 Å². The molecule has 0 saturated carbocycles. The van der Waals surface area contributed by atoms with E-state index in [1.54, 1.807) is 0 Å². The Labute approximate surface area is 109 Å². The number of hydrogen-bond acceptors (Lipinski definition) is 7. The van der Waals surface area contributed by atoms with Crippen LogP contribution in [0.2, 0.25) is 0 Å².